The number of carbonyl (C=O) groups excluding carboxylic acids is 1. The van der Waals surface area contributed by atoms with Crippen molar-refractivity contribution in [2.45, 2.75) is 72.1 Å². The number of amides is 1. The summed E-state index contributed by atoms with van der Waals surface area (Å²) >= 11 is 0. The molecular formula is C37H45FN6O3Si. The first-order chi connectivity index (χ1) is 22.6. The Morgan fingerprint density at radius 2 is 1.73 bits per heavy atom. The van der Waals surface area contributed by atoms with Crippen molar-refractivity contribution in [2.24, 2.45) is 0 Å². The summed E-state index contributed by atoms with van der Waals surface area (Å²) in [7, 11) is -1.59. The minimum Gasteiger partial charge on any atom is -0.444 e. The van der Waals surface area contributed by atoms with Crippen LogP contribution in [0.2, 0.25) is 19.6 Å². The van der Waals surface area contributed by atoms with Gasteiger partial charge in [-0.25, -0.2) is 14.2 Å². The third-order valence-corrected chi connectivity index (χ3v) is 8.82. The summed E-state index contributed by atoms with van der Waals surface area (Å²) in [5.74, 6) is 3.05. The topological polar surface area (TPSA) is 92.6 Å². The molecule has 1 N–H and O–H groups in total. The smallest absolute Gasteiger partial charge is 0.410 e. The second-order valence-electron chi connectivity index (χ2n) is 14.4. The van der Waals surface area contributed by atoms with E-state index in [4.69, 9.17) is 9.72 Å². The maximum absolute atomic E-state index is 15.1. The number of halogens is 1. The number of nitrogens with zero attached hydrogens (tertiary/aromatic N) is 5. The average molecular weight is 669 g/mol. The van der Waals surface area contributed by atoms with Crippen LogP contribution in [0.1, 0.15) is 56.0 Å². The predicted octanol–water partition coefficient (Wildman–Crippen LogP) is 6.43. The molecule has 11 heteroatoms. The van der Waals surface area contributed by atoms with Crippen LogP contribution < -0.4 is 10.9 Å². The first-order valence-corrected chi connectivity index (χ1v) is 19.9. The molecule has 0 saturated carbocycles. The van der Waals surface area contributed by atoms with Gasteiger partial charge in [0.1, 0.15) is 25.1 Å². The van der Waals surface area contributed by atoms with Crippen molar-refractivity contribution in [1.29, 1.82) is 0 Å². The molecule has 0 unspecified atom stereocenters. The number of nitrogens with one attached hydrogen (secondary N) is 1. The van der Waals surface area contributed by atoms with Gasteiger partial charge in [0.05, 0.1) is 12.6 Å². The molecule has 1 amide bonds. The van der Waals surface area contributed by atoms with Gasteiger partial charge in [-0.2, -0.15) is 4.98 Å². The highest BCUT2D eigenvalue weighted by Crippen LogP contribution is 2.21. The number of piperazine rings is 1. The Balaban J connectivity index is 1.23. The van der Waals surface area contributed by atoms with Crippen molar-refractivity contribution in [3.8, 4) is 11.5 Å². The lowest BCUT2D eigenvalue weighted by atomic mass is 10.1. The Morgan fingerprint density at radius 3 is 2.38 bits per heavy atom. The normalized spacial score (nSPS) is 14.7. The average Bonchev–Trinajstić information content (AvgIpc) is 3.02. The van der Waals surface area contributed by atoms with E-state index in [1.165, 1.54) is 22.3 Å². The molecule has 1 aliphatic rings. The minimum absolute atomic E-state index is 0.0350. The number of anilines is 1. The number of carbonyl (C=O) groups is 1. The van der Waals surface area contributed by atoms with Crippen LogP contribution in [-0.2, 0) is 17.8 Å². The van der Waals surface area contributed by atoms with Gasteiger partial charge in [-0.3, -0.25) is 14.3 Å². The standard InChI is InChI=1S/C37H45FN6O3Si/c1-26(29-11-9-28(10-12-29)24-42-17-19-43(20-18-42)36(46)47-37(2,3)4)40-35-39-23-30-14-15-33(45)44(34(30)41-35)25-31-13-8-27(22-32(31)38)16-21-48(5,6)7/h8-15,22-23,26H,17-20,24-25H2,1-7H3,(H,39,40,41)/t26-/m0/s1. The Labute approximate surface area is 283 Å². The molecule has 2 aromatic heterocycles. The maximum atomic E-state index is 15.1. The number of benzene rings is 2. The highest BCUT2D eigenvalue weighted by atomic mass is 28.3. The molecule has 0 spiro atoms. The van der Waals surface area contributed by atoms with Crippen molar-refractivity contribution < 1.29 is 13.9 Å². The number of hydrogen-bond donors (Lipinski definition) is 1. The molecular weight excluding hydrogens is 624 g/mol. The molecule has 5 rings (SSSR count). The second-order valence-corrected chi connectivity index (χ2v) is 19.1. The van der Waals surface area contributed by atoms with Crippen molar-refractivity contribution in [1.82, 2.24) is 24.3 Å². The number of ether oxygens (including phenoxy) is 1. The molecule has 1 fully saturated rings. The third-order valence-electron chi connectivity index (χ3n) is 7.94. The van der Waals surface area contributed by atoms with Crippen molar-refractivity contribution in [3.63, 3.8) is 0 Å². The largest absolute Gasteiger partial charge is 0.444 e. The number of rotatable bonds is 7. The lowest BCUT2D eigenvalue weighted by Crippen LogP contribution is -2.49. The Kier molecular flexibility index (Phi) is 10.4. The quantitative estimate of drug-likeness (QED) is 0.179. The number of pyridine rings is 1. The highest BCUT2D eigenvalue weighted by molar-refractivity contribution is 6.83. The van der Waals surface area contributed by atoms with Gasteiger partial charge in [-0.1, -0.05) is 55.9 Å². The van der Waals surface area contributed by atoms with E-state index in [0.717, 1.165) is 25.2 Å². The molecule has 3 heterocycles. The lowest BCUT2D eigenvalue weighted by molar-refractivity contribution is 0.0139. The van der Waals surface area contributed by atoms with E-state index in [1.54, 1.807) is 29.3 Å². The van der Waals surface area contributed by atoms with Gasteiger partial charge in [-0.15, -0.1) is 5.54 Å². The van der Waals surface area contributed by atoms with Gasteiger partial charge in [0.25, 0.3) is 5.56 Å². The molecule has 0 aliphatic carbocycles. The Hall–Kier alpha value is -4.53. The van der Waals surface area contributed by atoms with Crippen molar-refractivity contribution in [3.05, 3.63) is 99.2 Å². The van der Waals surface area contributed by atoms with Crippen LogP contribution in [-0.4, -0.2) is 70.3 Å². The van der Waals surface area contributed by atoms with Crippen LogP contribution >= 0.6 is 0 Å². The summed E-state index contributed by atoms with van der Waals surface area (Å²) in [6, 6.07) is 16.3. The molecule has 0 bridgehead atoms. The molecule has 252 valence electrons. The zero-order valence-corrected chi connectivity index (χ0v) is 29.9. The molecule has 2 aromatic carbocycles. The zero-order chi connectivity index (χ0) is 34.6. The number of aromatic nitrogens is 3. The summed E-state index contributed by atoms with van der Waals surface area (Å²) in [6.07, 6.45) is 1.42. The van der Waals surface area contributed by atoms with Gasteiger partial charge in [0, 0.05) is 61.5 Å². The highest BCUT2D eigenvalue weighted by Gasteiger charge is 2.26. The summed E-state index contributed by atoms with van der Waals surface area (Å²) in [6.45, 7) is 17.8. The van der Waals surface area contributed by atoms with E-state index in [0.29, 0.717) is 41.2 Å². The van der Waals surface area contributed by atoms with Gasteiger partial charge < -0.3 is 15.0 Å². The van der Waals surface area contributed by atoms with Crippen LogP contribution in [0.25, 0.3) is 11.0 Å². The summed E-state index contributed by atoms with van der Waals surface area (Å²) < 4.78 is 22.1. The van der Waals surface area contributed by atoms with E-state index in [-0.39, 0.29) is 24.2 Å². The monoisotopic (exact) mass is 668 g/mol. The van der Waals surface area contributed by atoms with Crippen molar-refractivity contribution >= 4 is 31.1 Å². The SMILES string of the molecule is C[C@H](Nc1ncc2ccc(=O)n(Cc3ccc(C#C[Si](C)(C)C)cc3F)c2n1)c1ccc(CN2CCN(C(=O)OC(C)(C)C)CC2)cc1. The van der Waals surface area contributed by atoms with E-state index in [1.807, 2.05) is 27.7 Å². The second kappa shape index (κ2) is 14.3. The fraction of sp³-hybridized carbons (Fsp3) is 0.405. The van der Waals surface area contributed by atoms with Gasteiger partial charge in [0.2, 0.25) is 5.95 Å². The van der Waals surface area contributed by atoms with E-state index in [2.05, 4.69) is 70.6 Å². The Morgan fingerprint density at radius 1 is 1.02 bits per heavy atom. The van der Waals surface area contributed by atoms with Crippen LogP contribution in [0.5, 0.6) is 0 Å². The molecule has 1 atom stereocenters. The first-order valence-electron chi connectivity index (χ1n) is 16.4. The van der Waals surface area contributed by atoms with E-state index in [9.17, 15) is 9.59 Å². The molecule has 48 heavy (non-hydrogen) atoms. The fourth-order valence-corrected chi connectivity index (χ4v) is 5.86. The molecule has 1 saturated heterocycles. The lowest BCUT2D eigenvalue weighted by Gasteiger charge is -2.35. The molecule has 0 radical (unpaired) electrons. The molecule has 1 aliphatic heterocycles. The van der Waals surface area contributed by atoms with Gasteiger partial charge in [0.15, 0.2) is 0 Å². The summed E-state index contributed by atoms with van der Waals surface area (Å²) in [5.41, 5.74) is 6.16. The molecule has 4 aromatic rings. The van der Waals surface area contributed by atoms with Crippen LogP contribution in [0, 0.1) is 17.3 Å². The third kappa shape index (κ3) is 9.30. The first kappa shape index (κ1) is 34.8. The Bertz CT molecular complexity index is 1900. The number of fused-ring (bicyclic) bond motifs is 1. The van der Waals surface area contributed by atoms with Crippen molar-refractivity contribution in [2.75, 3.05) is 31.5 Å². The summed E-state index contributed by atoms with van der Waals surface area (Å²) in [5, 5.41) is 4.04. The van der Waals surface area contributed by atoms with E-state index >= 15 is 4.39 Å². The van der Waals surface area contributed by atoms with E-state index < -0.39 is 19.5 Å². The summed E-state index contributed by atoms with van der Waals surface area (Å²) in [4.78, 5) is 38.6. The van der Waals surface area contributed by atoms with Crippen LogP contribution in [0.3, 0.4) is 0 Å². The van der Waals surface area contributed by atoms with Gasteiger partial charge in [-0.05, 0) is 57.0 Å². The zero-order valence-electron chi connectivity index (χ0n) is 28.9. The number of hydrogen-bond acceptors (Lipinski definition) is 7. The fourth-order valence-electron chi connectivity index (χ4n) is 5.34. The van der Waals surface area contributed by atoms with Crippen LogP contribution in [0.15, 0.2) is 65.6 Å². The van der Waals surface area contributed by atoms with Gasteiger partial charge >= 0.3 is 6.09 Å². The minimum atomic E-state index is -1.59. The maximum Gasteiger partial charge on any atom is 0.410 e. The predicted molar refractivity (Wildman–Crippen MR) is 191 cm³/mol. The van der Waals surface area contributed by atoms with Crippen LogP contribution in [0.4, 0.5) is 15.1 Å². The molecule has 9 nitrogen and oxygen atoms in total.